The Balaban J connectivity index is 2.24. The summed E-state index contributed by atoms with van der Waals surface area (Å²) in [5.41, 5.74) is 0.0820. The third-order valence-corrected chi connectivity index (χ3v) is 6.20. The zero-order valence-corrected chi connectivity index (χ0v) is 15.8. The van der Waals surface area contributed by atoms with Crippen molar-refractivity contribution in [3.8, 4) is 0 Å². The Morgan fingerprint density at radius 3 is 2.58 bits per heavy atom. The van der Waals surface area contributed by atoms with Crippen LogP contribution in [0.2, 0.25) is 5.02 Å². The summed E-state index contributed by atoms with van der Waals surface area (Å²) in [4.78, 5) is -0.0270. The molecule has 0 unspecified atom stereocenters. The molecular formula is C16H13ClF2N2O3S2. The molecule has 0 spiro atoms. The number of sulfonamides is 1. The smallest absolute Gasteiger partial charge is 0.285 e. The fraction of sp³-hybridized carbons (Fsp3) is 0.188. The number of hydrogen-bond donors (Lipinski definition) is 0. The maximum Gasteiger partial charge on any atom is 0.285 e. The molecule has 138 valence electrons. The first kappa shape index (κ1) is 19.0. The molecule has 10 heteroatoms. The van der Waals surface area contributed by atoms with Crippen LogP contribution in [0.1, 0.15) is 0 Å². The lowest BCUT2D eigenvalue weighted by Gasteiger charge is -2.05. The molecule has 0 aliphatic carbocycles. The molecule has 0 N–H and O–H groups in total. The van der Waals surface area contributed by atoms with Crippen molar-refractivity contribution < 1.29 is 21.9 Å². The van der Waals surface area contributed by atoms with Gasteiger partial charge in [0.1, 0.15) is 5.82 Å². The number of benzene rings is 2. The number of fused-ring (bicyclic) bond motifs is 1. The summed E-state index contributed by atoms with van der Waals surface area (Å²) in [5, 5.41) is 0.388. The quantitative estimate of drug-likeness (QED) is 0.636. The monoisotopic (exact) mass is 418 g/mol. The molecule has 0 radical (unpaired) electrons. The Kier molecular flexibility index (Phi) is 5.42. The number of halogens is 3. The number of nitrogens with zero attached hydrogens (tertiary/aromatic N) is 2. The van der Waals surface area contributed by atoms with Crippen molar-refractivity contribution in [2.24, 2.45) is 4.40 Å². The molecule has 0 atom stereocenters. The van der Waals surface area contributed by atoms with Gasteiger partial charge in [-0.2, -0.15) is 8.42 Å². The first-order valence-corrected chi connectivity index (χ1v) is 9.99. The highest BCUT2D eigenvalue weighted by Crippen LogP contribution is 2.23. The van der Waals surface area contributed by atoms with Crippen LogP contribution in [0.3, 0.4) is 0 Å². The lowest BCUT2D eigenvalue weighted by Crippen LogP contribution is -2.20. The number of aromatic nitrogens is 1. The topological polar surface area (TPSA) is 60.7 Å². The highest BCUT2D eigenvalue weighted by atomic mass is 35.5. The second kappa shape index (κ2) is 7.43. The predicted octanol–water partition coefficient (Wildman–Crippen LogP) is 3.57. The highest BCUT2D eigenvalue weighted by Gasteiger charge is 2.17. The van der Waals surface area contributed by atoms with E-state index < -0.39 is 21.7 Å². The van der Waals surface area contributed by atoms with Crippen molar-refractivity contribution in [3.05, 3.63) is 57.9 Å². The Bertz CT molecular complexity index is 1120. The molecule has 0 bridgehead atoms. The maximum atomic E-state index is 14.2. The van der Waals surface area contributed by atoms with E-state index in [0.29, 0.717) is 5.02 Å². The lowest BCUT2D eigenvalue weighted by atomic mass is 10.3. The van der Waals surface area contributed by atoms with Gasteiger partial charge in [0, 0.05) is 24.7 Å². The summed E-state index contributed by atoms with van der Waals surface area (Å²) >= 11 is 6.65. The second-order valence-corrected chi connectivity index (χ2v) is 8.33. The van der Waals surface area contributed by atoms with Crippen LogP contribution in [-0.2, 0) is 21.3 Å². The average molecular weight is 419 g/mol. The molecule has 1 heterocycles. The van der Waals surface area contributed by atoms with Crippen LogP contribution >= 0.6 is 22.9 Å². The zero-order valence-electron chi connectivity index (χ0n) is 13.4. The predicted molar refractivity (Wildman–Crippen MR) is 95.8 cm³/mol. The average Bonchev–Trinajstić information content (AvgIpc) is 2.89. The largest absolute Gasteiger partial charge is 0.383 e. The number of ether oxygens (including phenoxy) is 1. The summed E-state index contributed by atoms with van der Waals surface area (Å²) in [6, 6.07) is 7.41. The van der Waals surface area contributed by atoms with Crippen molar-refractivity contribution >= 4 is 43.2 Å². The summed E-state index contributed by atoms with van der Waals surface area (Å²) in [7, 11) is -2.58. The van der Waals surface area contributed by atoms with Crippen molar-refractivity contribution in [1.29, 1.82) is 0 Å². The minimum absolute atomic E-state index is 0.0245. The standard InChI is InChI=1S/C16H13ClF2N2O3S2/c1-24-7-6-21-15-13(19)8-11(18)9-14(15)25-16(21)20-26(22,23)12-4-2-10(17)3-5-12/h2-5,8-9H,6-7H2,1H3. The van der Waals surface area contributed by atoms with Gasteiger partial charge >= 0.3 is 0 Å². The molecular weight excluding hydrogens is 406 g/mol. The molecule has 0 aliphatic heterocycles. The third kappa shape index (κ3) is 3.80. The molecule has 5 nitrogen and oxygen atoms in total. The van der Waals surface area contributed by atoms with E-state index in [-0.39, 0.29) is 33.1 Å². The van der Waals surface area contributed by atoms with Crippen molar-refractivity contribution in [3.63, 3.8) is 0 Å². The van der Waals surface area contributed by atoms with E-state index in [1.165, 1.54) is 35.9 Å². The molecule has 2 aromatic carbocycles. The van der Waals surface area contributed by atoms with E-state index in [1.54, 1.807) is 0 Å². The van der Waals surface area contributed by atoms with Crippen LogP contribution in [-0.4, -0.2) is 26.7 Å². The van der Waals surface area contributed by atoms with Gasteiger partial charge in [0.05, 0.1) is 21.7 Å². The molecule has 3 aromatic rings. The number of rotatable bonds is 5. The third-order valence-electron chi connectivity index (χ3n) is 3.52. The minimum atomic E-state index is -4.05. The van der Waals surface area contributed by atoms with Crippen molar-refractivity contribution in [1.82, 2.24) is 4.57 Å². The van der Waals surface area contributed by atoms with E-state index in [2.05, 4.69) is 4.40 Å². The fourth-order valence-corrected chi connectivity index (χ4v) is 4.78. The summed E-state index contributed by atoms with van der Waals surface area (Å²) in [6.45, 7) is 0.366. The second-order valence-electron chi connectivity index (χ2n) is 5.28. The van der Waals surface area contributed by atoms with Gasteiger partial charge in [0.15, 0.2) is 5.82 Å². The number of methoxy groups -OCH3 is 1. The van der Waals surface area contributed by atoms with E-state index in [0.717, 1.165) is 23.5 Å². The summed E-state index contributed by atoms with van der Waals surface area (Å²) in [5.74, 6) is -1.54. The fourth-order valence-electron chi connectivity index (χ4n) is 2.35. The van der Waals surface area contributed by atoms with Crippen LogP contribution < -0.4 is 4.80 Å². The Morgan fingerprint density at radius 1 is 1.23 bits per heavy atom. The molecule has 0 saturated heterocycles. The SMILES string of the molecule is COCCn1c(=NS(=O)(=O)c2ccc(Cl)cc2)sc2cc(F)cc(F)c21. The summed E-state index contributed by atoms with van der Waals surface area (Å²) in [6.07, 6.45) is 0. The van der Waals surface area contributed by atoms with E-state index in [1.807, 2.05) is 0 Å². The van der Waals surface area contributed by atoms with Crippen LogP contribution in [0.25, 0.3) is 10.2 Å². The highest BCUT2D eigenvalue weighted by molar-refractivity contribution is 7.90. The number of hydrogen-bond acceptors (Lipinski definition) is 4. The Morgan fingerprint density at radius 2 is 1.92 bits per heavy atom. The molecule has 0 amide bonds. The molecule has 0 saturated carbocycles. The van der Waals surface area contributed by atoms with Crippen molar-refractivity contribution in [2.75, 3.05) is 13.7 Å². The molecule has 0 aliphatic rings. The van der Waals surface area contributed by atoms with Gasteiger partial charge in [-0.05, 0) is 30.3 Å². The van der Waals surface area contributed by atoms with Gasteiger partial charge in [-0.3, -0.25) is 0 Å². The Labute approximate surface area is 157 Å². The van der Waals surface area contributed by atoms with E-state index in [4.69, 9.17) is 16.3 Å². The summed E-state index contributed by atoms with van der Waals surface area (Å²) < 4.78 is 63.3. The first-order chi connectivity index (χ1) is 12.3. The van der Waals surface area contributed by atoms with E-state index >= 15 is 0 Å². The van der Waals surface area contributed by atoms with Gasteiger partial charge in [0.25, 0.3) is 10.0 Å². The van der Waals surface area contributed by atoms with E-state index in [9.17, 15) is 17.2 Å². The van der Waals surface area contributed by atoms with Gasteiger partial charge in [-0.1, -0.05) is 22.9 Å². The van der Waals surface area contributed by atoms with Gasteiger partial charge in [-0.25, -0.2) is 8.78 Å². The van der Waals surface area contributed by atoms with Crippen LogP contribution in [0.5, 0.6) is 0 Å². The molecule has 26 heavy (non-hydrogen) atoms. The minimum Gasteiger partial charge on any atom is -0.383 e. The van der Waals surface area contributed by atoms with Crippen LogP contribution in [0.15, 0.2) is 45.7 Å². The van der Waals surface area contributed by atoms with Gasteiger partial charge in [0.2, 0.25) is 4.80 Å². The molecule has 1 aromatic heterocycles. The maximum absolute atomic E-state index is 14.2. The van der Waals surface area contributed by atoms with Crippen molar-refractivity contribution in [2.45, 2.75) is 11.4 Å². The van der Waals surface area contributed by atoms with Gasteiger partial charge < -0.3 is 9.30 Å². The lowest BCUT2D eigenvalue weighted by molar-refractivity contribution is 0.187. The first-order valence-electron chi connectivity index (χ1n) is 7.36. The zero-order chi connectivity index (χ0) is 18.9. The molecule has 0 fully saturated rings. The van der Waals surface area contributed by atoms with Crippen LogP contribution in [0.4, 0.5) is 8.78 Å². The normalized spacial score (nSPS) is 12.8. The molecule has 3 rings (SSSR count). The number of thiazole rings is 1. The van der Waals surface area contributed by atoms with Crippen LogP contribution in [0, 0.1) is 11.6 Å². The Hall–Kier alpha value is -1.81. The van der Waals surface area contributed by atoms with Gasteiger partial charge in [-0.15, -0.1) is 4.40 Å².